The van der Waals surface area contributed by atoms with Crippen molar-refractivity contribution in [3.63, 3.8) is 0 Å². The van der Waals surface area contributed by atoms with Gasteiger partial charge in [-0.15, -0.1) is 0 Å². The number of nitrogens with zero attached hydrogens (tertiary/aromatic N) is 4. The van der Waals surface area contributed by atoms with E-state index in [0.717, 1.165) is 11.1 Å². The number of carboxylic acid groups (broad SMARTS) is 1. The Morgan fingerprint density at radius 3 is 2.62 bits per heavy atom. The number of halogens is 1. The van der Waals surface area contributed by atoms with E-state index in [1.807, 2.05) is 32.9 Å². The Kier molecular flexibility index (Phi) is 5.49. The van der Waals surface area contributed by atoms with Crippen LogP contribution in [0.4, 0.5) is 11.6 Å². The SMILES string of the molecule is CCn1c(N2CC3C(O)C3C2)nc2c(C(C)Nc3ccc(Cl)nc3C(=O)O)cc(C)cc2c1=O. The molecule has 1 aliphatic carbocycles. The minimum absolute atomic E-state index is 0.0943. The van der Waals surface area contributed by atoms with Gasteiger partial charge in [0.15, 0.2) is 5.69 Å². The minimum Gasteiger partial charge on any atom is -0.476 e. The number of aromatic nitrogens is 3. The highest BCUT2D eigenvalue weighted by Gasteiger charge is 2.55. The number of anilines is 2. The number of carbonyl (C=O) groups is 1. The largest absolute Gasteiger partial charge is 0.476 e. The fourth-order valence-electron chi connectivity index (χ4n) is 5.03. The molecule has 1 aromatic carbocycles. The van der Waals surface area contributed by atoms with E-state index < -0.39 is 5.97 Å². The van der Waals surface area contributed by atoms with Crippen molar-refractivity contribution in [2.45, 2.75) is 39.5 Å². The maximum atomic E-state index is 13.5. The van der Waals surface area contributed by atoms with E-state index >= 15 is 0 Å². The average molecular weight is 484 g/mol. The fourth-order valence-corrected chi connectivity index (χ4v) is 5.18. The van der Waals surface area contributed by atoms with Gasteiger partial charge in [-0.3, -0.25) is 9.36 Å². The molecule has 2 aromatic heterocycles. The Balaban J connectivity index is 1.60. The molecule has 0 radical (unpaired) electrons. The van der Waals surface area contributed by atoms with Crippen molar-refractivity contribution in [3.05, 3.63) is 56.6 Å². The van der Waals surface area contributed by atoms with Crippen LogP contribution in [0.2, 0.25) is 5.15 Å². The van der Waals surface area contributed by atoms with Gasteiger partial charge in [0.2, 0.25) is 5.95 Å². The number of fused-ring (bicyclic) bond motifs is 2. The molecule has 178 valence electrons. The van der Waals surface area contributed by atoms with Gasteiger partial charge in [-0.25, -0.2) is 14.8 Å². The first-order valence-electron chi connectivity index (χ1n) is 11.3. The van der Waals surface area contributed by atoms with Crippen LogP contribution in [0.15, 0.2) is 29.1 Å². The van der Waals surface area contributed by atoms with Crippen molar-refractivity contribution in [2.75, 3.05) is 23.3 Å². The molecular weight excluding hydrogens is 458 g/mol. The van der Waals surface area contributed by atoms with Crippen LogP contribution < -0.4 is 15.8 Å². The van der Waals surface area contributed by atoms with Crippen LogP contribution in [0.1, 0.15) is 41.5 Å². The van der Waals surface area contributed by atoms with Crippen LogP contribution in [0.3, 0.4) is 0 Å². The number of carboxylic acids is 1. The van der Waals surface area contributed by atoms with Crippen molar-refractivity contribution >= 4 is 40.1 Å². The van der Waals surface area contributed by atoms with E-state index in [1.165, 1.54) is 6.07 Å². The molecule has 34 heavy (non-hydrogen) atoms. The smallest absolute Gasteiger partial charge is 0.356 e. The number of nitrogens with one attached hydrogen (secondary N) is 1. The monoisotopic (exact) mass is 483 g/mol. The summed E-state index contributed by atoms with van der Waals surface area (Å²) >= 11 is 5.89. The number of aliphatic hydroxyl groups excluding tert-OH is 1. The zero-order valence-electron chi connectivity index (χ0n) is 19.1. The van der Waals surface area contributed by atoms with Crippen LogP contribution >= 0.6 is 11.6 Å². The highest BCUT2D eigenvalue weighted by molar-refractivity contribution is 6.29. The molecule has 3 unspecified atom stereocenters. The van der Waals surface area contributed by atoms with E-state index in [0.29, 0.717) is 42.2 Å². The number of hydrogen-bond acceptors (Lipinski definition) is 7. The Labute approximate surface area is 201 Å². The molecule has 9 nitrogen and oxygen atoms in total. The second-order valence-corrected chi connectivity index (χ2v) is 9.52. The quantitative estimate of drug-likeness (QED) is 0.457. The lowest BCUT2D eigenvalue weighted by atomic mass is 10.0. The minimum atomic E-state index is -1.19. The number of hydrogen-bond donors (Lipinski definition) is 3. The van der Waals surface area contributed by atoms with Gasteiger partial charge in [-0.05, 0) is 44.5 Å². The van der Waals surface area contributed by atoms with Crippen molar-refractivity contribution < 1.29 is 15.0 Å². The summed E-state index contributed by atoms with van der Waals surface area (Å²) in [4.78, 5) is 36.1. The van der Waals surface area contributed by atoms with Crippen LogP contribution in [0.5, 0.6) is 0 Å². The molecule has 1 aliphatic heterocycles. The van der Waals surface area contributed by atoms with E-state index in [9.17, 15) is 19.8 Å². The molecule has 10 heteroatoms. The molecule has 2 aliphatic rings. The summed E-state index contributed by atoms with van der Waals surface area (Å²) in [5.41, 5.74) is 2.31. The molecule has 0 amide bonds. The molecule has 0 spiro atoms. The summed E-state index contributed by atoms with van der Waals surface area (Å²) in [6.45, 7) is 7.57. The van der Waals surface area contributed by atoms with Gasteiger partial charge < -0.3 is 20.4 Å². The highest BCUT2D eigenvalue weighted by atomic mass is 35.5. The second-order valence-electron chi connectivity index (χ2n) is 9.14. The second kappa shape index (κ2) is 8.25. The number of rotatable bonds is 6. The van der Waals surface area contributed by atoms with Crippen molar-refractivity contribution in [2.24, 2.45) is 11.8 Å². The van der Waals surface area contributed by atoms with Gasteiger partial charge in [0.25, 0.3) is 5.56 Å². The first-order chi connectivity index (χ1) is 16.2. The lowest BCUT2D eigenvalue weighted by Crippen LogP contribution is -2.34. The summed E-state index contributed by atoms with van der Waals surface area (Å²) in [5, 5.41) is 23.3. The lowest BCUT2D eigenvalue weighted by Gasteiger charge is -2.25. The topological polar surface area (TPSA) is 121 Å². The molecule has 3 N–H and O–H groups in total. The molecule has 3 atom stereocenters. The first-order valence-corrected chi connectivity index (χ1v) is 11.7. The first kappa shape index (κ1) is 22.6. The Bertz CT molecular complexity index is 1360. The molecule has 3 heterocycles. The number of benzene rings is 1. The third-order valence-corrected chi connectivity index (χ3v) is 7.07. The van der Waals surface area contributed by atoms with Crippen molar-refractivity contribution in [3.8, 4) is 0 Å². The number of aromatic carboxylic acids is 1. The van der Waals surface area contributed by atoms with Gasteiger partial charge >= 0.3 is 5.97 Å². The third-order valence-electron chi connectivity index (χ3n) is 6.86. The third kappa shape index (κ3) is 3.69. The van der Waals surface area contributed by atoms with Gasteiger partial charge in [0, 0.05) is 37.0 Å². The zero-order chi connectivity index (χ0) is 24.3. The van der Waals surface area contributed by atoms with Crippen molar-refractivity contribution in [1.82, 2.24) is 14.5 Å². The summed E-state index contributed by atoms with van der Waals surface area (Å²) in [6.07, 6.45) is -0.252. The lowest BCUT2D eigenvalue weighted by molar-refractivity contribution is 0.0691. The zero-order valence-corrected chi connectivity index (χ0v) is 19.9. The standard InChI is InChI=1S/C24H26ClN5O4/c1-4-30-22(32)14-8-11(2)7-13(12(3)26-17-5-6-18(25)27-20(17)23(33)34)19(14)28-24(30)29-9-15-16(10-29)21(15)31/h5-8,12,15-16,21,26,31H,4,9-10H2,1-3H3,(H,33,34). The molecular formula is C24H26ClN5O4. The van der Waals surface area contributed by atoms with E-state index in [2.05, 4.69) is 15.2 Å². The molecule has 2 fully saturated rings. The summed E-state index contributed by atoms with van der Waals surface area (Å²) < 4.78 is 1.69. The summed E-state index contributed by atoms with van der Waals surface area (Å²) in [6, 6.07) is 6.55. The number of pyridine rings is 1. The molecule has 1 saturated carbocycles. The summed E-state index contributed by atoms with van der Waals surface area (Å²) in [5.74, 6) is -0.103. The van der Waals surface area contributed by atoms with Gasteiger partial charge in [0.05, 0.1) is 28.7 Å². The Morgan fingerprint density at radius 2 is 1.97 bits per heavy atom. The van der Waals surface area contributed by atoms with Crippen LogP contribution in [0.25, 0.3) is 10.9 Å². The number of aryl methyl sites for hydroxylation is 1. The van der Waals surface area contributed by atoms with Crippen LogP contribution in [-0.2, 0) is 6.54 Å². The van der Waals surface area contributed by atoms with Crippen LogP contribution in [-0.4, -0.2) is 49.9 Å². The molecule has 0 bridgehead atoms. The molecule has 3 aromatic rings. The van der Waals surface area contributed by atoms with Gasteiger partial charge in [-0.1, -0.05) is 17.7 Å². The Hall–Kier alpha value is -3.17. The maximum Gasteiger partial charge on any atom is 0.356 e. The Morgan fingerprint density at radius 1 is 1.26 bits per heavy atom. The summed E-state index contributed by atoms with van der Waals surface area (Å²) in [7, 11) is 0. The highest BCUT2D eigenvalue weighted by Crippen LogP contribution is 2.46. The van der Waals surface area contributed by atoms with E-state index in [4.69, 9.17) is 16.6 Å². The van der Waals surface area contributed by atoms with E-state index in [1.54, 1.807) is 10.6 Å². The molecule has 5 rings (SSSR count). The fraction of sp³-hybridized carbons (Fsp3) is 0.417. The average Bonchev–Trinajstić information content (AvgIpc) is 3.19. The number of piperidine rings is 1. The maximum absolute atomic E-state index is 13.5. The number of aliphatic hydroxyl groups is 1. The predicted octanol–water partition coefficient (Wildman–Crippen LogP) is 3.07. The van der Waals surface area contributed by atoms with Gasteiger partial charge in [-0.2, -0.15) is 0 Å². The normalized spacial score (nSPS) is 22.0. The van der Waals surface area contributed by atoms with Crippen LogP contribution in [0, 0.1) is 18.8 Å². The van der Waals surface area contributed by atoms with Crippen molar-refractivity contribution in [1.29, 1.82) is 0 Å². The van der Waals surface area contributed by atoms with E-state index in [-0.39, 0.29) is 40.4 Å². The molecule has 1 saturated heterocycles. The predicted molar refractivity (Wildman–Crippen MR) is 130 cm³/mol. The van der Waals surface area contributed by atoms with Gasteiger partial charge in [0.1, 0.15) is 5.15 Å².